The van der Waals surface area contributed by atoms with Crippen LogP contribution in [0.2, 0.25) is 0 Å². The lowest BCUT2D eigenvalue weighted by Gasteiger charge is -2.25. The molecule has 1 aliphatic rings. The number of nitrogens with one attached hydrogen (secondary N) is 1. The number of amides is 1. The Labute approximate surface area is 253 Å². The van der Waals surface area contributed by atoms with Gasteiger partial charge in [-0.05, 0) is 61.5 Å². The number of carbonyl (C=O) groups excluding carboxylic acids is 1. The number of ether oxygens (including phenoxy) is 3. The van der Waals surface area contributed by atoms with Gasteiger partial charge in [-0.1, -0.05) is 0 Å². The fourth-order valence-electron chi connectivity index (χ4n) is 5.04. The van der Waals surface area contributed by atoms with Crippen molar-refractivity contribution in [1.82, 2.24) is 5.32 Å². The van der Waals surface area contributed by atoms with E-state index in [9.17, 15) is 22.7 Å². The maximum Gasteiger partial charge on any atom is 0.255 e. The second kappa shape index (κ2) is 12.9. The number of aliphatic hydroxyl groups is 2. The number of anilines is 1. The summed E-state index contributed by atoms with van der Waals surface area (Å²) in [5, 5.41) is 21.8. The first kappa shape index (κ1) is 31.4. The normalized spacial score (nSPS) is 17.6. The molecular formula is C31H33FN2O9S. The molecule has 2 heterocycles. The highest BCUT2D eigenvalue weighted by Gasteiger charge is 2.34. The topological polar surface area (TPSA) is 148 Å². The average molecular weight is 629 g/mol. The van der Waals surface area contributed by atoms with E-state index in [2.05, 4.69) is 5.32 Å². The summed E-state index contributed by atoms with van der Waals surface area (Å²) in [6.07, 6.45) is -1.27. The van der Waals surface area contributed by atoms with Gasteiger partial charge in [-0.25, -0.2) is 12.8 Å². The fraction of sp³-hybridized carbons (Fsp3) is 0.323. The summed E-state index contributed by atoms with van der Waals surface area (Å²) in [5.41, 5.74) is 2.01. The maximum atomic E-state index is 13.2. The molecule has 4 aromatic rings. The summed E-state index contributed by atoms with van der Waals surface area (Å²) in [6, 6.07) is 15.7. The van der Waals surface area contributed by atoms with Gasteiger partial charge in [0.2, 0.25) is 10.0 Å². The molecule has 1 amide bonds. The third kappa shape index (κ3) is 6.71. The summed E-state index contributed by atoms with van der Waals surface area (Å²) >= 11 is 0. The zero-order valence-corrected chi connectivity index (χ0v) is 25.1. The second-order valence-electron chi connectivity index (χ2n) is 10.4. The number of fused-ring (bicyclic) bond motifs is 2. The molecule has 0 bridgehead atoms. The largest absolute Gasteiger partial charge is 0.457 e. The lowest BCUT2D eigenvalue weighted by molar-refractivity contribution is -0.0644. The molecule has 234 valence electrons. The van der Waals surface area contributed by atoms with Gasteiger partial charge in [0.05, 0.1) is 50.0 Å². The van der Waals surface area contributed by atoms with E-state index in [-0.39, 0.29) is 36.9 Å². The Morgan fingerprint density at radius 3 is 2.41 bits per heavy atom. The van der Waals surface area contributed by atoms with Gasteiger partial charge in [-0.15, -0.1) is 0 Å². The minimum atomic E-state index is -3.79. The molecule has 13 heteroatoms. The fourth-order valence-corrected chi connectivity index (χ4v) is 5.99. The average Bonchev–Trinajstić information content (AvgIpc) is 3.31. The van der Waals surface area contributed by atoms with E-state index in [1.54, 1.807) is 43.3 Å². The van der Waals surface area contributed by atoms with Crippen LogP contribution in [-0.4, -0.2) is 76.4 Å². The van der Waals surface area contributed by atoms with Gasteiger partial charge in [-0.3, -0.25) is 9.10 Å². The lowest BCUT2D eigenvalue weighted by atomic mass is 10.0. The van der Waals surface area contributed by atoms with Crippen LogP contribution in [0.5, 0.6) is 11.5 Å². The van der Waals surface area contributed by atoms with Crippen LogP contribution < -0.4 is 14.4 Å². The Morgan fingerprint density at radius 1 is 1.14 bits per heavy atom. The first-order valence-corrected chi connectivity index (χ1v) is 15.7. The van der Waals surface area contributed by atoms with Crippen LogP contribution in [0, 0.1) is 5.82 Å². The summed E-state index contributed by atoms with van der Waals surface area (Å²) in [4.78, 5) is 13.2. The van der Waals surface area contributed by atoms with Crippen LogP contribution >= 0.6 is 0 Å². The zero-order valence-electron chi connectivity index (χ0n) is 24.3. The summed E-state index contributed by atoms with van der Waals surface area (Å²) < 4.78 is 64.1. The molecule has 5 rings (SSSR count). The molecule has 0 saturated carbocycles. The van der Waals surface area contributed by atoms with Crippen LogP contribution in [0.15, 0.2) is 65.1 Å². The number of halogens is 1. The van der Waals surface area contributed by atoms with Crippen LogP contribution in [0.3, 0.4) is 0 Å². The van der Waals surface area contributed by atoms with E-state index < -0.39 is 40.8 Å². The standard InChI is InChI=1S/C31H33FN2O9S/c1-18-25-12-26-28(13-27(25)34(44(3,38)39)14-24(41-18)17-40-16-21(36)15-35)43-30(29(26)31(37)33-2)19-4-8-22(9-5-19)42-23-10-6-20(32)7-11-23/h4-13,18,21,24,35-36H,14-17H2,1-3H3,(H,33,37)/t18-,21+,24-/m0/s1. The first-order valence-electron chi connectivity index (χ1n) is 13.8. The molecule has 3 aromatic carbocycles. The van der Waals surface area contributed by atoms with Gasteiger partial charge in [0.1, 0.15) is 40.9 Å². The van der Waals surface area contributed by atoms with Crippen LogP contribution in [-0.2, 0) is 19.5 Å². The number of hydrogen-bond acceptors (Lipinski definition) is 9. The van der Waals surface area contributed by atoms with Crippen LogP contribution in [0.4, 0.5) is 10.1 Å². The predicted molar refractivity (Wildman–Crippen MR) is 161 cm³/mol. The van der Waals surface area contributed by atoms with Crippen molar-refractivity contribution in [3.63, 3.8) is 0 Å². The van der Waals surface area contributed by atoms with Crippen molar-refractivity contribution >= 4 is 32.6 Å². The van der Waals surface area contributed by atoms with Crippen molar-refractivity contribution in [1.29, 1.82) is 0 Å². The monoisotopic (exact) mass is 628 g/mol. The summed E-state index contributed by atoms with van der Waals surface area (Å²) in [6.45, 7) is 1.08. The molecule has 3 atom stereocenters. The van der Waals surface area contributed by atoms with Gasteiger partial charge in [0.15, 0.2) is 0 Å². The van der Waals surface area contributed by atoms with Gasteiger partial charge in [-0.2, -0.15) is 0 Å². The molecule has 1 aliphatic heterocycles. The Kier molecular flexibility index (Phi) is 9.23. The third-order valence-electron chi connectivity index (χ3n) is 7.16. The SMILES string of the molecule is CNC(=O)c1c(-c2ccc(Oc3ccc(F)cc3)cc2)oc2cc3c(cc12)[C@H](C)O[C@H](COC[C@H](O)CO)CN3S(C)(=O)=O. The van der Waals surface area contributed by atoms with Gasteiger partial charge < -0.3 is 34.2 Å². The molecule has 1 aromatic heterocycles. The third-order valence-corrected chi connectivity index (χ3v) is 8.30. The van der Waals surface area contributed by atoms with Crippen molar-refractivity contribution in [3.8, 4) is 22.8 Å². The number of furan rings is 1. The van der Waals surface area contributed by atoms with Crippen molar-refractivity contribution in [2.75, 3.05) is 44.0 Å². The molecule has 0 spiro atoms. The summed E-state index contributed by atoms with van der Waals surface area (Å²) in [7, 11) is -2.29. The Bertz CT molecular complexity index is 1740. The van der Waals surface area contributed by atoms with E-state index in [0.29, 0.717) is 39.3 Å². The van der Waals surface area contributed by atoms with Crippen LogP contribution in [0.25, 0.3) is 22.3 Å². The highest BCUT2D eigenvalue weighted by Crippen LogP contribution is 2.42. The first-order chi connectivity index (χ1) is 21.0. The number of sulfonamides is 1. The smallest absolute Gasteiger partial charge is 0.255 e. The quantitative estimate of drug-likeness (QED) is 0.237. The Morgan fingerprint density at radius 2 is 1.80 bits per heavy atom. The number of benzene rings is 3. The summed E-state index contributed by atoms with van der Waals surface area (Å²) in [5.74, 6) is 0.450. The van der Waals surface area contributed by atoms with Crippen LogP contribution in [0.1, 0.15) is 28.9 Å². The van der Waals surface area contributed by atoms with Gasteiger partial charge >= 0.3 is 0 Å². The van der Waals surface area contributed by atoms with Crippen molar-refractivity contribution < 1.29 is 46.4 Å². The highest BCUT2D eigenvalue weighted by atomic mass is 32.2. The molecule has 0 aliphatic carbocycles. The number of aliphatic hydroxyl groups excluding tert-OH is 2. The minimum Gasteiger partial charge on any atom is -0.457 e. The molecule has 44 heavy (non-hydrogen) atoms. The molecular weight excluding hydrogens is 595 g/mol. The number of nitrogens with zero attached hydrogens (tertiary/aromatic N) is 1. The molecule has 0 saturated heterocycles. The van der Waals surface area contributed by atoms with Gasteiger partial charge in [0, 0.05) is 29.6 Å². The van der Waals surface area contributed by atoms with Crippen molar-refractivity contribution in [3.05, 3.63) is 77.6 Å². The maximum absolute atomic E-state index is 13.2. The van der Waals surface area contributed by atoms with E-state index in [1.807, 2.05) is 0 Å². The highest BCUT2D eigenvalue weighted by molar-refractivity contribution is 7.92. The predicted octanol–water partition coefficient (Wildman–Crippen LogP) is 3.99. The van der Waals surface area contributed by atoms with E-state index in [0.717, 1.165) is 6.26 Å². The molecule has 0 radical (unpaired) electrons. The van der Waals surface area contributed by atoms with Crippen molar-refractivity contribution in [2.45, 2.75) is 25.2 Å². The molecule has 0 fully saturated rings. The lowest BCUT2D eigenvalue weighted by Crippen LogP contribution is -2.39. The minimum absolute atomic E-state index is 0.0218. The van der Waals surface area contributed by atoms with Gasteiger partial charge in [0.25, 0.3) is 5.91 Å². The van der Waals surface area contributed by atoms with E-state index >= 15 is 0 Å². The van der Waals surface area contributed by atoms with E-state index in [4.69, 9.17) is 23.7 Å². The number of rotatable bonds is 10. The molecule has 0 unspecified atom stereocenters. The molecule has 3 N–H and O–H groups in total. The van der Waals surface area contributed by atoms with E-state index in [1.165, 1.54) is 35.6 Å². The number of hydrogen-bond donors (Lipinski definition) is 3. The number of carbonyl (C=O) groups is 1. The Balaban J connectivity index is 1.53. The second-order valence-corrected chi connectivity index (χ2v) is 12.3. The zero-order chi connectivity index (χ0) is 31.6. The van der Waals surface area contributed by atoms with Crippen molar-refractivity contribution in [2.24, 2.45) is 0 Å². The molecule has 11 nitrogen and oxygen atoms in total. The Hall–Kier alpha value is -4.01.